The first-order valence-electron chi connectivity index (χ1n) is 5.07. The highest BCUT2D eigenvalue weighted by atomic mass is 79.9. The lowest BCUT2D eigenvalue weighted by molar-refractivity contribution is -0.131. The summed E-state index contributed by atoms with van der Waals surface area (Å²) in [5.74, 6) is 0.334. The number of halogens is 2. The van der Waals surface area contributed by atoms with Gasteiger partial charge in [-0.25, -0.2) is 0 Å². The van der Waals surface area contributed by atoms with Gasteiger partial charge in [-0.15, -0.1) is 0 Å². The summed E-state index contributed by atoms with van der Waals surface area (Å²) in [6.45, 7) is 2.48. The lowest BCUT2D eigenvalue weighted by Crippen LogP contribution is -2.31. The van der Waals surface area contributed by atoms with Crippen LogP contribution in [0.4, 0.5) is 5.69 Å². The number of hydrogen-bond acceptors (Lipinski definition) is 3. The number of rotatable bonds is 4. The largest absolute Gasteiger partial charge is 0.480 e. The summed E-state index contributed by atoms with van der Waals surface area (Å²) in [7, 11) is 1.71. The van der Waals surface area contributed by atoms with E-state index in [1.54, 1.807) is 24.1 Å². The standard InChI is InChI=1S/C11H14BrClN2O2/c1-3-15(2)10(16)6-17-11-8(12)4-7(13)5-9(11)14/h4-5H,3,6,14H2,1-2H3. The zero-order valence-electron chi connectivity index (χ0n) is 9.67. The average molecular weight is 322 g/mol. The molecule has 0 unspecified atom stereocenters. The second-order valence-corrected chi connectivity index (χ2v) is 4.79. The predicted octanol–water partition coefficient (Wildman–Crippen LogP) is 2.54. The average Bonchev–Trinajstić information content (AvgIpc) is 2.26. The lowest BCUT2D eigenvalue weighted by atomic mass is 10.3. The number of nitrogen functional groups attached to an aromatic ring is 1. The van der Waals surface area contributed by atoms with Crippen LogP contribution in [0.25, 0.3) is 0 Å². The van der Waals surface area contributed by atoms with Crippen LogP contribution in [0.5, 0.6) is 5.75 Å². The first-order valence-corrected chi connectivity index (χ1v) is 6.24. The van der Waals surface area contributed by atoms with Crippen molar-refractivity contribution in [2.45, 2.75) is 6.92 Å². The zero-order valence-corrected chi connectivity index (χ0v) is 12.0. The summed E-state index contributed by atoms with van der Waals surface area (Å²) in [5, 5.41) is 0.513. The second kappa shape index (κ2) is 6.12. The van der Waals surface area contributed by atoms with Crippen molar-refractivity contribution in [2.75, 3.05) is 25.9 Å². The highest BCUT2D eigenvalue weighted by molar-refractivity contribution is 9.10. The molecule has 6 heteroatoms. The molecule has 0 saturated carbocycles. The number of ether oxygens (including phenoxy) is 1. The van der Waals surface area contributed by atoms with Crippen LogP contribution in [0.15, 0.2) is 16.6 Å². The molecule has 0 aromatic heterocycles. The fraction of sp³-hybridized carbons (Fsp3) is 0.364. The van der Waals surface area contributed by atoms with E-state index < -0.39 is 0 Å². The molecular weight excluding hydrogens is 307 g/mol. The molecule has 0 aliphatic rings. The molecule has 1 aromatic carbocycles. The van der Waals surface area contributed by atoms with E-state index in [1.807, 2.05) is 6.92 Å². The molecule has 0 radical (unpaired) electrons. The third-order valence-electron chi connectivity index (χ3n) is 2.28. The van der Waals surface area contributed by atoms with Gasteiger partial charge in [0, 0.05) is 18.6 Å². The van der Waals surface area contributed by atoms with Crippen molar-refractivity contribution >= 4 is 39.1 Å². The molecule has 4 nitrogen and oxygen atoms in total. The van der Waals surface area contributed by atoms with E-state index in [0.717, 1.165) is 0 Å². The van der Waals surface area contributed by atoms with Gasteiger partial charge in [0.25, 0.3) is 5.91 Å². The molecule has 2 N–H and O–H groups in total. The number of benzene rings is 1. The summed E-state index contributed by atoms with van der Waals surface area (Å²) >= 11 is 9.10. The predicted molar refractivity (Wildman–Crippen MR) is 72.4 cm³/mol. The molecule has 0 atom stereocenters. The molecule has 17 heavy (non-hydrogen) atoms. The first-order chi connectivity index (χ1) is 7.95. The van der Waals surface area contributed by atoms with Crippen LogP contribution in [0.1, 0.15) is 6.92 Å². The Hall–Kier alpha value is -0.940. The van der Waals surface area contributed by atoms with E-state index in [1.165, 1.54) is 0 Å². The summed E-state index contributed by atoms with van der Waals surface area (Å²) < 4.78 is 6.02. The fourth-order valence-electron chi connectivity index (χ4n) is 1.15. The van der Waals surface area contributed by atoms with E-state index in [4.69, 9.17) is 22.1 Å². The van der Waals surface area contributed by atoms with Crippen LogP contribution >= 0.6 is 27.5 Å². The number of likely N-dealkylation sites (N-methyl/N-ethyl adjacent to an activating group) is 1. The second-order valence-electron chi connectivity index (χ2n) is 3.50. The lowest BCUT2D eigenvalue weighted by Gasteiger charge is -2.16. The Morgan fingerprint density at radius 1 is 1.59 bits per heavy atom. The Labute approximate surface area is 114 Å². The van der Waals surface area contributed by atoms with Gasteiger partial charge in [0.1, 0.15) is 0 Å². The van der Waals surface area contributed by atoms with Crippen molar-refractivity contribution in [3.05, 3.63) is 21.6 Å². The van der Waals surface area contributed by atoms with E-state index >= 15 is 0 Å². The molecule has 0 spiro atoms. The minimum Gasteiger partial charge on any atom is -0.480 e. The van der Waals surface area contributed by atoms with Crippen molar-refractivity contribution in [3.63, 3.8) is 0 Å². The molecule has 1 amide bonds. The van der Waals surface area contributed by atoms with Gasteiger partial charge in [-0.2, -0.15) is 0 Å². The van der Waals surface area contributed by atoms with Gasteiger partial charge in [-0.1, -0.05) is 11.6 Å². The van der Waals surface area contributed by atoms with Gasteiger partial charge >= 0.3 is 0 Å². The van der Waals surface area contributed by atoms with Crippen molar-refractivity contribution < 1.29 is 9.53 Å². The molecule has 94 valence electrons. The monoisotopic (exact) mass is 320 g/mol. The maximum absolute atomic E-state index is 11.6. The number of hydrogen-bond donors (Lipinski definition) is 1. The van der Waals surface area contributed by atoms with Crippen molar-refractivity contribution in [2.24, 2.45) is 0 Å². The highest BCUT2D eigenvalue weighted by Gasteiger charge is 2.12. The number of amides is 1. The van der Waals surface area contributed by atoms with Gasteiger partial charge in [-0.3, -0.25) is 4.79 Å². The van der Waals surface area contributed by atoms with Gasteiger partial charge in [0.2, 0.25) is 0 Å². The van der Waals surface area contributed by atoms with Gasteiger partial charge in [0.15, 0.2) is 12.4 Å². The molecule has 0 aliphatic heterocycles. The minimum absolute atomic E-state index is 0.0469. The zero-order chi connectivity index (χ0) is 13.0. The first kappa shape index (κ1) is 14.1. The smallest absolute Gasteiger partial charge is 0.260 e. The summed E-state index contributed by atoms with van der Waals surface area (Å²) in [4.78, 5) is 13.1. The van der Waals surface area contributed by atoms with Crippen molar-refractivity contribution in [1.82, 2.24) is 4.90 Å². The normalized spacial score (nSPS) is 10.1. The molecule has 0 aliphatic carbocycles. The van der Waals surface area contributed by atoms with Crippen molar-refractivity contribution in [3.8, 4) is 5.75 Å². The van der Waals surface area contributed by atoms with Crippen LogP contribution in [-0.4, -0.2) is 31.0 Å². The number of carbonyl (C=O) groups is 1. The van der Waals surface area contributed by atoms with Gasteiger partial charge in [0.05, 0.1) is 10.2 Å². The topological polar surface area (TPSA) is 55.6 Å². The molecule has 0 fully saturated rings. The quantitative estimate of drug-likeness (QED) is 0.867. The Balaban J connectivity index is 2.73. The van der Waals surface area contributed by atoms with Crippen molar-refractivity contribution in [1.29, 1.82) is 0 Å². The van der Waals surface area contributed by atoms with Gasteiger partial charge < -0.3 is 15.4 Å². The molecule has 1 aromatic rings. The van der Waals surface area contributed by atoms with Gasteiger partial charge in [-0.05, 0) is 35.0 Å². The molecule has 0 saturated heterocycles. The Bertz CT molecular complexity index is 403. The van der Waals surface area contributed by atoms with Crippen LogP contribution in [0.2, 0.25) is 5.02 Å². The van der Waals surface area contributed by atoms with Crippen LogP contribution < -0.4 is 10.5 Å². The molecule has 0 bridgehead atoms. The Morgan fingerprint density at radius 2 is 2.24 bits per heavy atom. The number of nitrogens with zero attached hydrogens (tertiary/aromatic N) is 1. The summed E-state index contributed by atoms with van der Waals surface area (Å²) in [5.41, 5.74) is 6.15. The summed E-state index contributed by atoms with van der Waals surface area (Å²) in [6.07, 6.45) is 0. The third kappa shape index (κ3) is 3.78. The highest BCUT2D eigenvalue weighted by Crippen LogP contribution is 2.34. The number of carbonyl (C=O) groups excluding carboxylic acids is 1. The van der Waals surface area contributed by atoms with E-state index in [-0.39, 0.29) is 12.5 Å². The Kier molecular flexibility index (Phi) is 5.08. The summed E-state index contributed by atoms with van der Waals surface area (Å²) in [6, 6.07) is 3.25. The maximum atomic E-state index is 11.6. The SMILES string of the molecule is CCN(C)C(=O)COc1c(N)cc(Cl)cc1Br. The Morgan fingerprint density at radius 3 is 2.76 bits per heavy atom. The minimum atomic E-state index is -0.103. The number of nitrogens with two attached hydrogens (primary N) is 1. The molecule has 1 rings (SSSR count). The fourth-order valence-corrected chi connectivity index (χ4v) is 2.10. The maximum Gasteiger partial charge on any atom is 0.260 e. The van der Waals surface area contributed by atoms with E-state index in [9.17, 15) is 4.79 Å². The van der Waals surface area contributed by atoms with E-state index in [0.29, 0.717) is 27.5 Å². The molecular formula is C11H14BrClN2O2. The van der Waals surface area contributed by atoms with E-state index in [2.05, 4.69) is 15.9 Å². The van der Waals surface area contributed by atoms with Crippen LogP contribution in [-0.2, 0) is 4.79 Å². The third-order valence-corrected chi connectivity index (χ3v) is 3.08. The van der Waals surface area contributed by atoms with Crippen LogP contribution in [0.3, 0.4) is 0 Å². The number of anilines is 1. The molecule has 0 heterocycles. The van der Waals surface area contributed by atoms with Crippen LogP contribution in [0, 0.1) is 0 Å².